The summed E-state index contributed by atoms with van der Waals surface area (Å²) in [6.45, 7) is 2.53. The lowest BCUT2D eigenvalue weighted by atomic mass is 10.2. The van der Waals surface area contributed by atoms with Crippen LogP contribution in [-0.2, 0) is 20.5 Å². The van der Waals surface area contributed by atoms with Crippen molar-refractivity contribution in [3.05, 3.63) is 29.8 Å². The van der Waals surface area contributed by atoms with Crippen molar-refractivity contribution in [2.45, 2.75) is 38.5 Å². The van der Waals surface area contributed by atoms with Crippen molar-refractivity contribution in [3.63, 3.8) is 0 Å². The third kappa shape index (κ3) is 5.74. The number of anilines is 1. The quantitative estimate of drug-likeness (QED) is 0.851. The maximum Gasteiger partial charge on any atom is 0.416 e. The van der Waals surface area contributed by atoms with Crippen LogP contribution in [0.2, 0.25) is 0 Å². The molecule has 1 N–H and O–H groups in total. The largest absolute Gasteiger partial charge is 0.416 e. The summed E-state index contributed by atoms with van der Waals surface area (Å²) >= 11 is 0. The van der Waals surface area contributed by atoms with Gasteiger partial charge in [-0.1, -0.05) is 0 Å². The molecule has 1 aromatic carbocycles. The van der Waals surface area contributed by atoms with Crippen molar-refractivity contribution in [3.8, 4) is 0 Å². The van der Waals surface area contributed by atoms with E-state index in [1.807, 2.05) is 0 Å². The first-order chi connectivity index (χ1) is 11.8. The number of alkyl halides is 3. The van der Waals surface area contributed by atoms with Crippen LogP contribution >= 0.6 is 0 Å². The topological polar surface area (TPSA) is 58.6 Å². The Hall–Kier alpha value is -2.09. The number of rotatable bonds is 6. The lowest BCUT2D eigenvalue weighted by Crippen LogP contribution is -2.36. The van der Waals surface area contributed by atoms with Gasteiger partial charge in [0.1, 0.15) is 0 Å². The second-order valence-electron chi connectivity index (χ2n) is 5.90. The molecule has 2 rings (SSSR count). The minimum atomic E-state index is -4.43. The van der Waals surface area contributed by atoms with E-state index < -0.39 is 11.7 Å². The predicted molar refractivity (Wildman–Crippen MR) is 86.1 cm³/mol. The number of nitrogens with zero attached hydrogens (tertiary/aromatic N) is 1. The molecular formula is C17H21F3N2O3. The number of carbonyl (C=O) groups is 2. The van der Waals surface area contributed by atoms with E-state index in [0.717, 1.165) is 25.0 Å². The third-order valence-corrected chi connectivity index (χ3v) is 4.00. The molecule has 0 saturated carbocycles. The first kappa shape index (κ1) is 19.2. The fourth-order valence-corrected chi connectivity index (χ4v) is 2.63. The number of nitrogens with one attached hydrogen (secondary N) is 1. The SMILES string of the molecule is CC(=O)N(CCC(=O)NCC1CCCO1)c1ccc(C(F)(F)F)cc1. The van der Waals surface area contributed by atoms with Crippen molar-refractivity contribution in [2.24, 2.45) is 0 Å². The first-order valence-corrected chi connectivity index (χ1v) is 8.11. The molecule has 25 heavy (non-hydrogen) atoms. The molecule has 1 heterocycles. The van der Waals surface area contributed by atoms with E-state index in [4.69, 9.17) is 4.74 Å². The average Bonchev–Trinajstić information content (AvgIpc) is 3.06. The van der Waals surface area contributed by atoms with Gasteiger partial charge in [-0.05, 0) is 37.1 Å². The van der Waals surface area contributed by atoms with E-state index in [0.29, 0.717) is 18.8 Å². The molecule has 0 spiro atoms. The van der Waals surface area contributed by atoms with Gasteiger partial charge in [0.05, 0.1) is 11.7 Å². The summed E-state index contributed by atoms with van der Waals surface area (Å²) in [7, 11) is 0. The zero-order chi connectivity index (χ0) is 18.4. The average molecular weight is 358 g/mol. The summed E-state index contributed by atoms with van der Waals surface area (Å²) < 4.78 is 43.2. The number of hydrogen-bond acceptors (Lipinski definition) is 3. The van der Waals surface area contributed by atoms with Gasteiger partial charge in [0, 0.05) is 38.7 Å². The number of carbonyl (C=O) groups excluding carboxylic acids is 2. The van der Waals surface area contributed by atoms with Crippen LogP contribution < -0.4 is 10.2 Å². The number of ether oxygens (including phenoxy) is 1. The monoisotopic (exact) mass is 358 g/mol. The molecule has 5 nitrogen and oxygen atoms in total. The summed E-state index contributed by atoms with van der Waals surface area (Å²) in [5.74, 6) is -0.569. The third-order valence-electron chi connectivity index (χ3n) is 4.00. The Kier molecular flexibility index (Phi) is 6.41. The molecular weight excluding hydrogens is 337 g/mol. The van der Waals surface area contributed by atoms with Crippen molar-refractivity contribution in [1.82, 2.24) is 5.32 Å². The fourth-order valence-electron chi connectivity index (χ4n) is 2.63. The molecule has 1 aliphatic heterocycles. The zero-order valence-electron chi connectivity index (χ0n) is 13.9. The standard InChI is InChI=1S/C17H21F3N2O3/c1-12(23)22(14-6-4-13(5-7-14)17(18,19)20)9-8-16(24)21-11-15-3-2-10-25-15/h4-7,15H,2-3,8-11H2,1H3,(H,21,24). The van der Waals surface area contributed by atoms with E-state index in [1.54, 1.807) is 0 Å². The maximum atomic E-state index is 12.6. The normalized spacial score (nSPS) is 17.4. The Balaban J connectivity index is 1.89. The highest BCUT2D eigenvalue weighted by atomic mass is 19.4. The number of benzene rings is 1. The molecule has 0 aromatic heterocycles. The van der Waals surface area contributed by atoms with Crippen LogP contribution in [0, 0.1) is 0 Å². The molecule has 2 amide bonds. The van der Waals surface area contributed by atoms with E-state index >= 15 is 0 Å². The molecule has 1 aromatic rings. The molecule has 0 aliphatic carbocycles. The van der Waals surface area contributed by atoms with Gasteiger partial charge in [-0.25, -0.2) is 0 Å². The number of hydrogen-bond donors (Lipinski definition) is 1. The van der Waals surface area contributed by atoms with Gasteiger partial charge < -0.3 is 15.0 Å². The predicted octanol–water partition coefficient (Wildman–Crippen LogP) is 2.74. The van der Waals surface area contributed by atoms with Crippen molar-refractivity contribution < 1.29 is 27.5 Å². The Bertz CT molecular complexity index is 596. The molecule has 0 bridgehead atoms. The highest BCUT2D eigenvalue weighted by Crippen LogP contribution is 2.30. The van der Waals surface area contributed by atoms with Crippen LogP contribution in [0.5, 0.6) is 0 Å². The van der Waals surface area contributed by atoms with Crippen LogP contribution in [0.4, 0.5) is 18.9 Å². The van der Waals surface area contributed by atoms with Crippen LogP contribution in [0.3, 0.4) is 0 Å². The Morgan fingerprint density at radius 2 is 1.96 bits per heavy atom. The summed E-state index contributed by atoms with van der Waals surface area (Å²) in [5, 5.41) is 2.75. The lowest BCUT2D eigenvalue weighted by Gasteiger charge is -2.21. The first-order valence-electron chi connectivity index (χ1n) is 8.11. The highest BCUT2D eigenvalue weighted by molar-refractivity contribution is 5.92. The smallest absolute Gasteiger partial charge is 0.376 e. The summed E-state index contributed by atoms with van der Waals surface area (Å²) in [6, 6.07) is 4.30. The van der Waals surface area contributed by atoms with Crippen LogP contribution in [0.1, 0.15) is 31.7 Å². The molecule has 1 saturated heterocycles. The molecule has 138 valence electrons. The second-order valence-corrected chi connectivity index (χ2v) is 5.90. The van der Waals surface area contributed by atoms with Gasteiger partial charge in [-0.15, -0.1) is 0 Å². The van der Waals surface area contributed by atoms with Gasteiger partial charge in [0.25, 0.3) is 0 Å². The lowest BCUT2D eigenvalue weighted by molar-refractivity contribution is -0.137. The molecule has 1 atom stereocenters. The summed E-state index contributed by atoms with van der Waals surface area (Å²) in [5.41, 5.74) is -0.457. The highest BCUT2D eigenvalue weighted by Gasteiger charge is 2.30. The van der Waals surface area contributed by atoms with Gasteiger partial charge in [-0.3, -0.25) is 9.59 Å². The molecule has 8 heteroatoms. The van der Waals surface area contributed by atoms with Gasteiger partial charge in [0.2, 0.25) is 11.8 Å². The number of amides is 2. The zero-order valence-corrected chi connectivity index (χ0v) is 13.9. The molecule has 1 aliphatic rings. The van der Waals surface area contributed by atoms with Crippen LogP contribution in [0.15, 0.2) is 24.3 Å². The van der Waals surface area contributed by atoms with Crippen molar-refractivity contribution in [2.75, 3.05) is 24.6 Å². The maximum absolute atomic E-state index is 12.6. The molecule has 1 fully saturated rings. The Morgan fingerprint density at radius 1 is 1.28 bits per heavy atom. The van der Waals surface area contributed by atoms with E-state index in [1.165, 1.54) is 24.0 Å². The van der Waals surface area contributed by atoms with Crippen molar-refractivity contribution in [1.29, 1.82) is 0 Å². The molecule has 1 unspecified atom stereocenters. The summed E-state index contributed by atoms with van der Waals surface area (Å²) in [6.07, 6.45) is -2.45. The van der Waals surface area contributed by atoms with E-state index in [2.05, 4.69) is 5.32 Å². The minimum Gasteiger partial charge on any atom is -0.376 e. The van der Waals surface area contributed by atoms with Gasteiger partial charge in [0.15, 0.2) is 0 Å². The van der Waals surface area contributed by atoms with Gasteiger partial charge in [-0.2, -0.15) is 13.2 Å². The van der Waals surface area contributed by atoms with Gasteiger partial charge >= 0.3 is 6.18 Å². The van der Waals surface area contributed by atoms with E-state index in [-0.39, 0.29) is 30.9 Å². The Labute approximate surface area is 144 Å². The number of halogens is 3. The van der Waals surface area contributed by atoms with Crippen LogP contribution in [0.25, 0.3) is 0 Å². The Morgan fingerprint density at radius 3 is 2.48 bits per heavy atom. The molecule has 0 radical (unpaired) electrons. The fraction of sp³-hybridized carbons (Fsp3) is 0.529. The summed E-state index contributed by atoms with van der Waals surface area (Å²) in [4.78, 5) is 24.9. The minimum absolute atomic E-state index is 0.0303. The second kappa shape index (κ2) is 8.33. The van der Waals surface area contributed by atoms with Crippen molar-refractivity contribution >= 4 is 17.5 Å². The van der Waals surface area contributed by atoms with Crippen LogP contribution in [-0.4, -0.2) is 37.6 Å². The van der Waals surface area contributed by atoms with E-state index in [9.17, 15) is 22.8 Å².